The van der Waals surface area contributed by atoms with E-state index >= 15 is 0 Å². The highest BCUT2D eigenvalue weighted by Gasteiger charge is 2.08. The van der Waals surface area contributed by atoms with Crippen molar-refractivity contribution >= 4 is 0 Å². The highest BCUT2D eigenvalue weighted by Crippen LogP contribution is 2.22. The van der Waals surface area contributed by atoms with E-state index in [2.05, 4.69) is 25.7 Å². The third-order valence-corrected chi connectivity index (χ3v) is 3.41. The molecule has 0 aliphatic rings. The number of hydrogen-bond donors (Lipinski definition) is 1. The van der Waals surface area contributed by atoms with Gasteiger partial charge in [0.1, 0.15) is 0 Å². The summed E-state index contributed by atoms with van der Waals surface area (Å²) in [6.07, 6.45) is 14.6. The molecule has 0 bridgehead atoms. The van der Waals surface area contributed by atoms with Gasteiger partial charge in [-0.1, -0.05) is 78.6 Å². The third-order valence-electron chi connectivity index (χ3n) is 3.41. The first-order valence-electron chi connectivity index (χ1n) is 7.82. The predicted octanol–water partition coefficient (Wildman–Crippen LogP) is 5.81. The predicted molar refractivity (Wildman–Crippen MR) is 78.8 cm³/mol. The molecule has 0 spiro atoms. The molecule has 2 heteroatoms. The van der Waals surface area contributed by atoms with Crippen molar-refractivity contribution in [2.45, 2.75) is 91.4 Å². The second kappa shape index (κ2) is 12.0. The van der Waals surface area contributed by atoms with Gasteiger partial charge in [-0.05, 0) is 18.3 Å². The van der Waals surface area contributed by atoms with Gasteiger partial charge in [0, 0.05) is 0 Å². The monoisotopic (exact) mass is 258 g/mol. The van der Waals surface area contributed by atoms with Crippen LogP contribution in [0.3, 0.4) is 0 Å². The van der Waals surface area contributed by atoms with Crippen molar-refractivity contribution in [3.63, 3.8) is 0 Å². The second-order valence-electron chi connectivity index (χ2n) is 6.68. The van der Waals surface area contributed by atoms with Crippen LogP contribution < -0.4 is 0 Å². The van der Waals surface area contributed by atoms with E-state index < -0.39 is 0 Å². The van der Waals surface area contributed by atoms with Gasteiger partial charge in [0.2, 0.25) is 0 Å². The summed E-state index contributed by atoms with van der Waals surface area (Å²) in [6, 6.07) is 0. The molecule has 0 heterocycles. The van der Waals surface area contributed by atoms with Gasteiger partial charge >= 0.3 is 0 Å². The van der Waals surface area contributed by atoms with Gasteiger partial charge in [-0.3, -0.25) is 5.26 Å². The zero-order valence-corrected chi connectivity index (χ0v) is 12.8. The summed E-state index contributed by atoms with van der Waals surface area (Å²) in [7, 11) is 0. The molecule has 0 rings (SSSR count). The molecule has 2 nitrogen and oxygen atoms in total. The van der Waals surface area contributed by atoms with Crippen LogP contribution in [0.2, 0.25) is 0 Å². The summed E-state index contributed by atoms with van der Waals surface area (Å²) in [5.41, 5.74) is 0.512. The molecular weight excluding hydrogens is 224 g/mol. The van der Waals surface area contributed by atoms with Crippen LogP contribution in [0.4, 0.5) is 0 Å². The summed E-state index contributed by atoms with van der Waals surface area (Å²) in [5.74, 6) is 0. The number of hydrogen-bond acceptors (Lipinski definition) is 2. The van der Waals surface area contributed by atoms with Crippen LogP contribution >= 0.6 is 0 Å². The standard InChI is InChI=1S/C16H34O2/c1-16(2,3)14-12-10-8-6-4-5-7-9-11-13-15-18-17/h17H,4-15H2,1-3H3. The molecule has 110 valence electrons. The summed E-state index contributed by atoms with van der Waals surface area (Å²) in [5, 5.41) is 8.16. The molecule has 0 amide bonds. The molecule has 0 saturated carbocycles. The van der Waals surface area contributed by atoms with Crippen LogP contribution in [0.15, 0.2) is 0 Å². The van der Waals surface area contributed by atoms with Crippen LogP contribution in [0.25, 0.3) is 0 Å². The van der Waals surface area contributed by atoms with Gasteiger partial charge in [0.05, 0.1) is 6.61 Å². The van der Waals surface area contributed by atoms with Crippen LogP contribution in [0.5, 0.6) is 0 Å². The average Bonchev–Trinajstić information content (AvgIpc) is 2.29. The maximum atomic E-state index is 8.16. The Bertz CT molecular complexity index is 161. The fraction of sp³-hybridized carbons (Fsp3) is 1.00. The smallest absolute Gasteiger partial charge is 0.0819 e. The van der Waals surface area contributed by atoms with Crippen molar-refractivity contribution in [3.05, 3.63) is 0 Å². The molecule has 0 fully saturated rings. The summed E-state index contributed by atoms with van der Waals surface area (Å²) >= 11 is 0. The van der Waals surface area contributed by atoms with E-state index in [1.807, 2.05) is 0 Å². The van der Waals surface area contributed by atoms with Crippen LogP contribution in [0.1, 0.15) is 91.4 Å². The Hall–Kier alpha value is -0.0800. The first-order valence-corrected chi connectivity index (χ1v) is 7.82. The molecule has 0 aliphatic carbocycles. The van der Waals surface area contributed by atoms with E-state index in [1.165, 1.54) is 64.2 Å². The van der Waals surface area contributed by atoms with Crippen molar-refractivity contribution in [1.29, 1.82) is 0 Å². The first kappa shape index (κ1) is 17.9. The fourth-order valence-electron chi connectivity index (χ4n) is 2.24. The van der Waals surface area contributed by atoms with Crippen LogP contribution in [0, 0.1) is 5.41 Å². The lowest BCUT2D eigenvalue weighted by Gasteiger charge is -2.17. The molecule has 0 unspecified atom stereocenters. The summed E-state index contributed by atoms with van der Waals surface area (Å²) in [6.45, 7) is 7.48. The molecular formula is C16H34O2. The van der Waals surface area contributed by atoms with E-state index in [1.54, 1.807) is 0 Å². The van der Waals surface area contributed by atoms with E-state index in [0.29, 0.717) is 12.0 Å². The lowest BCUT2D eigenvalue weighted by molar-refractivity contribution is -0.242. The van der Waals surface area contributed by atoms with Gasteiger partial charge < -0.3 is 0 Å². The van der Waals surface area contributed by atoms with Crippen LogP contribution in [-0.2, 0) is 4.89 Å². The highest BCUT2D eigenvalue weighted by atomic mass is 17.1. The molecule has 0 aromatic rings. The van der Waals surface area contributed by atoms with Gasteiger partial charge in [0.15, 0.2) is 0 Å². The Morgan fingerprint density at radius 2 is 1.06 bits per heavy atom. The Labute approximate surface area is 114 Å². The average molecular weight is 258 g/mol. The van der Waals surface area contributed by atoms with Crippen molar-refractivity contribution in [2.24, 2.45) is 5.41 Å². The normalized spacial score (nSPS) is 12.0. The quantitative estimate of drug-likeness (QED) is 0.272. The fourth-order valence-corrected chi connectivity index (χ4v) is 2.24. The van der Waals surface area contributed by atoms with Crippen molar-refractivity contribution in [1.82, 2.24) is 0 Å². The minimum Gasteiger partial charge on any atom is -0.252 e. The third kappa shape index (κ3) is 15.9. The maximum Gasteiger partial charge on any atom is 0.0819 e. The zero-order chi connectivity index (χ0) is 13.7. The Balaban J connectivity index is 2.99. The van der Waals surface area contributed by atoms with Crippen molar-refractivity contribution in [3.8, 4) is 0 Å². The van der Waals surface area contributed by atoms with Gasteiger partial charge in [-0.15, -0.1) is 0 Å². The lowest BCUT2D eigenvalue weighted by atomic mass is 9.89. The molecule has 0 radical (unpaired) electrons. The second-order valence-corrected chi connectivity index (χ2v) is 6.68. The molecule has 0 aromatic heterocycles. The molecule has 1 N–H and O–H groups in total. The van der Waals surface area contributed by atoms with E-state index in [9.17, 15) is 0 Å². The zero-order valence-electron chi connectivity index (χ0n) is 12.8. The van der Waals surface area contributed by atoms with Crippen molar-refractivity contribution in [2.75, 3.05) is 6.61 Å². The molecule has 0 saturated heterocycles. The largest absolute Gasteiger partial charge is 0.252 e. The first-order chi connectivity index (χ1) is 8.56. The maximum absolute atomic E-state index is 8.16. The number of rotatable bonds is 12. The Kier molecular flexibility index (Phi) is 11.9. The van der Waals surface area contributed by atoms with E-state index in [-0.39, 0.29) is 0 Å². The van der Waals surface area contributed by atoms with Gasteiger partial charge in [0.25, 0.3) is 0 Å². The lowest BCUT2D eigenvalue weighted by Crippen LogP contribution is -2.03. The van der Waals surface area contributed by atoms with E-state index in [0.717, 1.165) is 6.42 Å². The Morgan fingerprint density at radius 1 is 0.667 bits per heavy atom. The van der Waals surface area contributed by atoms with Gasteiger partial charge in [-0.25, -0.2) is 4.89 Å². The SMILES string of the molecule is CC(C)(C)CCCCCCCCCCCCOO. The Morgan fingerprint density at radius 3 is 1.44 bits per heavy atom. The van der Waals surface area contributed by atoms with E-state index in [4.69, 9.17) is 5.26 Å². The number of unbranched alkanes of at least 4 members (excludes halogenated alkanes) is 9. The van der Waals surface area contributed by atoms with Crippen LogP contribution in [-0.4, -0.2) is 11.9 Å². The van der Waals surface area contributed by atoms with Crippen molar-refractivity contribution < 1.29 is 10.1 Å². The highest BCUT2D eigenvalue weighted by molar-refractivity contribution is 4.61. The topological polar surface area (TPSA) is 29.5 Å². The van der Waals surface area contributed by atoms with Gasteiger partial charge in [-0.2, -0.15) is 0 Å². The molecule has 0 aliphatic heterocycles. The molecule has 0 aromatic carbocycles. The minimum absolute atomic E-state index is 0.494. The summed E-state index contributed by atoms with van der Waals surface area (Å²) in [4.78, 5) is 4.05. The summed E-state index contributed by atoms with van der Waals surface area (Å²) < 4.78 is 0. The molecule has 18 heavy (non-hydrogen) atoms. The minimum atomic E-state index is 0.494. The molecule has 0 atom stereocenters.